The van der Waals surface area contributed by atoms with Crippen molar-refractivity contribution in [3.63, 3.8) is 0 Å². The van der Waals surface area contributed by atoms with Gasteiger partial charge < -0.3 is 104 Å². The molecule has 8 heterocycles. The zero-order valence-corrected chi connectivity index (χ0v) is 56.3. The summed E-state index contributed by atoms with van der Waals surface area (Å²) >= 11 is 0. The minimum Gasteiger partial charge on any atom is -0.463 e. The summed E-state index contributed by atoms with van der Waals surface area (Å²) in [6.07, 6.45) is -5.00. The minimum atomic E-state index is -1.28. The number of carbonyl (C=O) groups excluding carboxylic acids is 5. The van der Waals surface area contributed by atoms with Crippen LogP contribution in [0.15, 0.2) is 119 Å². The Balaban J connectivity index is 0.000000288. The van der Waals surface area contributed by atoms with Crippen LogP contribution in [0.3, 0.4) is 0 Å². The Bertz CT molecular complexity index is 3120. The number of aliphatic imine (C=N–C) groups is 4. The average Bonchev–Trinajstić information content (AvgIpc) is 1.64. The van der Waals surface area contributed by atoms with E-state index in [0.717, 1.165) is 0 Å². The average molecular weight is 1420 g/mol. The van der Waals surface area contributed by atoms with Gasteiger partial charge in [0.25, 0.3) is 0 Å². The van der Waals surface area contributed by atoms with Crippen molar-refractivity contribution >= 4 is 53.2 Å². The molecule has 0 spiro atoms. The number of hydrogen-bond donors (Lipinski definition) is 16. The molecular formula is C62H97N13O25. The van der Waals surface area contributed by atoms with Crippen molar-refractivity contribution in [2.24, 2.45) is 55.3 Å². The normalized spacial score (nSPS) is 29.3. The maximum Gasteiger partial charge on any atom is 0.323 e. The molecule has 17 N–H and O–H groups in total. The Morgan fingerprint density at radius 1 is 0.440 bits per heavy atom. The third-order valence-corrected chi connectivity index (χ3v) is 15.3. The number of ether oxygens (including phenoxy) is 9. The van der Waals surface area contributed by atoms with E-state index in [4.69, 9.17) is 74.3 Å². The fourth-order valence-electron chi connectivity index (χ4n) is 9.43. The molecule has 4 saturated heterocycles. The van der Waals surface area contributed by atoms with Gasteiger partial charge in [-0.3, -0.25) is 66.7 Å². The number of nitrogens with zero attached hydrogens (tertiary/aromatic N) is 8. The number of nitrogens with one attached hydrogen (secondary N) is 4. The van der Waals surface area contributed by atoms with E-state index in [1.165, 1.54) is 68.7 Å². The molecule has 0 aromatic carbocycles. The highest BCUT2D eigenvalue weighted by atomic mass is 16.7. The van der Waals surface area contributed by atoms with Gasteiger partial charge in [0.2, 0.25) is 0 Å². The maximum absolute atomic E-state index is 12.5. The fourth-order valence-corrected chi connectivity index (χ4v) is 9.43. The molecule has 560 valence electrons. The van der Waals surface area contributed by atoms with Gasteiger partial charge in [-0.2, -0.15) is 0 Å². The molecule has 8 aliphatic heterocycles. The molecule has 100 heavy (non-hydrogen) atoms. The zero-order valence-electron chi connectivity index (χ0n) is 56.3. The van der Waals surface area contributed by atoms with Crippen molar-refractivity contribution in [2.75, 3.05) is 26.4 Å². The first-order valence-electron chi connectivity index (χ1n) is 31.2. The summed E-state index contributed by atoms with van der Waals surface area (Å²) in [5, 5.41) is 104. The fraction of sp³-hybridized carbons (Fsp3) is 0.597. The van der Waals surface area contributed by atoms with Crippen LogP contribution in [0.4, 0.5) is 0 Å². The summed E-state index contributed by atoms with van der Waals surface area (Å²) < 4.78 is 49.4. The van der Waals surface area contributed by atoms with E-state index in [2.05, 4.69) is 46.3 Å². The highest BCUT2D eigenvalue weighted by Gasteiger charge is 2.54. The Morgan fingerprint density at radius 2 is 0.710 bits per heavy atom. The van der Waals surface area contributed by atoms with E-state index in [0.29, 0.717) is 0 Å². The Labute approximate surface area is 577 Å². The molecule has 38 heteroatoms. The first kappa shape index (κ1) is 84.1. The van der Waals surface area contributed by atoms with Gasteiger partial charge >= 0.3 is 29.8 Å². The Hall–Kier alpha value is -8.29. The van der Waals surface area contributed by atoms with E-state index in [1.807, 2.05) is 21.9 Å². The van der Waals surface area contributed by atoms with Crippen molar-refractivity contribution < 1.29 is 123 Å². The number of aliphatic hydroxyl groups is 7. The summed E-state index contributed by atoms with van der Waals surface area (Å²) in [4.78, 5) is 81.9. The van der Waals surface area contributed by atoms with Gasteiger partial charge in [-0.1, -0.05) is 103 Å². The topological polar surface area (TPSA) is 527 Å². The van der Waals surface area contributed by atoms with Crippen LogP contribution in [0, 0.1) is 29.6 Å². The number of rotatable bonds is 19. The van der Waals surface area contributed by atoms with Crippen molar-refractivity contribution in [1.29, 1.82) is 0 Å². The monoisotopic (exact) mass is 1420 g/mol. The quantitative estimate of drug-likeness (QED) is 0.0394. The van der Waals surface area contributed by atoms with Crippen molar-refractivity contribution in [1.82, 2.24) is 41.5 Å². The molecule has 0 amide bonds. The van der Waals surface area contributed by atoms with Crippen molar-refractivity contribution in [2.45, 2.75) is 181 Å². The lowest BCUT2D eigenvalue weighted by molar-refractivity contribution is -0.173. The molecule has 0 aromatic rings. The first-order chi connectivity index (χ1) is 46.6. The van der Waals surface area contributed by atoms with E-state index in [-0.39, 0.29) is 91.6 Å². The van der Waals surface area contributed by atoms with Crippen LogP contribution in [0.25, 0.3) is 0 Å². The number of amidine groups is 4. The van der Waals surface area contributed by atoms with Crippen molar-refractivity contribution in [3.8, 4) is 0 Å². The second-order valence-electron chi connectivity index (χ2n) is 24.5. The molecule has 4 fully saturated rings. The van der Waals surface area contributed by atoms with Gasteiger partial charge in [-0.15, -0.1) is 0 Å². The van der Waals surface area contributed by atoms with Crippen molar-refractivity contribution in [3.05, 3.63) is 98.7 Å². The molecule has 0 unspecified atom stereocenters. The Morgan fingerprint density at radius 3 is 0.990 bits per heavy atom. The molecule has 0 radical (unpaired) electrons. The number of aliphatic hydroxyl groups excluding tert-OH is 7. The highest BCUT2D eigenvalue weighted by molar-refractivity contribution is 5.95. The molecule has 8 aliphatic rings. The molecule has 0 aromatic heterocycles. The largest absolute Gasteiger partial charge is 0.463 e. The smallest absolute Gasteiger partial charge is 0.323 e. The number of carbonyl (C=O) groups is 5. The SMILES string of the molecule is C.C=C1N=C(NO)C=CN1[C@@H]1O[C@H](CO)[C@@H](O)[C@H]1O.C=C1N=C(NO)C=CN1[C@@H]1O[C@H](COC(=O)C(C)C)[C@@H](O)[C@H]1O.C=C1N=C(NO)C=CN1[C@@H]1O[C@H](COC(=O)C(C)C)[C@@H](OC(=O)C(C)C)[C@H]1OC(=O)C(C)C.C=C1N=C(NO)C=CN1[C@@H]1O[C@H](COC(=O)[C@@H](N)C(C)C)[C@@H](O)[C@H]1O. The molecule has 17 atom stereocenters. The van der Waals surface area contributed by atoms with E-state index >= 15 is 0 Å². The van der Waals surface area contributed by atoms with Crippen LogP contribution >= 0.6 is 0 Å². The van der Waals surface area contributed by atoms with Gasteiger partial charge in [0.15, 0.2) is 60.5 Å². The van der Waals surface area contributed by atoms with Gasteiger partial charge in [-0.25, -0.2) is 20.0 Å². The standard InChI is InChI=1S/C22H33N3O8.C15H24N4O6.C14H21N3O6.C10H15N3O5.CH4/c1-11(2)20(26)30-10-15-17(32-21(27)12(3)4)18(33-22(28)13(5)6)19(31-15)25-9-8-16(24-29)23-14(25)7;1-7(2)11(16)15(22)24-6-9-12(20)13(21)14(25-9)19-5-4-10(18-23)17-8(19)3;1-7(2)14(20)22-6-9-11(18)12(19)13(23-9)17-5-4-10(16-21)15-8(17)3;1-5-11-7(12-17)2-3-13(5)10-9(16)8(15)6(4-14)18-10;/h8-9,11-13,15,17-19,29H,7,10H2,1-6H3,(H,23,24);4-5,7,9,11-14,20-21,23H,3,6,16H2,1-2H3,(H,17,18);4-5,7,9,11-13,18-19,21H,3,6H2,1-2H3,(H,15,16);2-3,6,8-10,14-17H,1,4H2,(H,11,12);1H4/t15-,17-,18-,19-;9-,11+,12-,13-,14-;9-,11-,12-,13-;6-,8-,9-,10-;/m1111./s1. The number of hydrogen-bond acceptors (Lipinski definition) is 38. The molecule has 8 rings (SSSR count). The number of hydroxylamine groups is 4. The summed E-state index contributed by atoms with van der Waals surface area (Å²) in [7, 11) is 0. The third-order valence-electron chi connectivity index (χ3n) is 15.3. The van der Waals surface area contributed by atoms with Crippen LogP contribution in [0.1, 0.15) is 76.7 Å². The summed E-state index contributed by atoms with van der Waals surface area (Å²) in [5.41, 5.74) is 13.3. The van der Waals surface area contributed by atoms with Gasteiger partial charge in [0, 0.05) is 24.8 Å². The molecule has 38 nitrogen and oxygen atoms in total. The van der Waals surface area contributed by atoms with Crippen LogP contribution in [0.5, 0.6) is 0 Å². The minimum absolute atomic E-state index is 0. The molecule has 0 bridgehead atoms. The van der Waals surface area contributed by atoms with Gasteiger partial charge in [-0.05, 0) is 30.2 Å². The summed E-state index contributed by atoms with van der Waals surface area (Å²) in [6.45, 7) is 30.9. The van der Waals surface area contributed by atoms with E-state index in [1.54, 1.807) is 69.2 Å². The lowest BCUT2D eigenvalue weighted by Crippen LogP contribution is -2.47. The second-order valence-corrected chi connectivity index (χ2v) is 24.5. The number of esters is 5. The van der Waals surface area contributed by atoms with Crippen LogP contribution in [0.2, 0.25) is 0 Å². The highest BCUT2D eigenvalue weighted by Crippen LogP contribution is 2.35. The van der Waals surface area contributed by atoms with Gasteiger partial charge in [0.05, 0.1) is 30.3 Å². The third kappa shape index (κ3) is 21.6. The number of nitrogens with two attached hydrogens (primary N) is 1. The first-order valence-corrected chi connectivity index (χ1v) is 31.2. The lowest BCUT2D eigenvalue weighted by atomic mass is 10.1. The summed E-state index contributed by atoms with van der Waals surface area (Å²) in [5.74, 6) is -2.65. The van der Waals surface area contributed by atoms with Crippen LogP contribution in [-0.2, 0) is 66.6 Å². The maximum atomic E-state index is 12.5. The van der Waals surface area contributed by atoms with E-state index < -0.39 is 152 Å². The predicted molar refractivity (Wildman–Crippen MR) is 349 cm³/mol. The van der Waals surface area contributed by atoms with Crippen LogP contribution in [-0.4, -0.2) is 260 Å². The molecule has 0 saturated carbocycles. The predicted octanol–water partition coefficient (Wildman–Crippen LogP) is -1.59. The zero-order chi connectivity index (χ0) is 74.0. The second kappa shape index (κ2) is 38.5. The van der Waals surface area contributed by atoms with E-state index in [9.17, 15) is 54.6 Å². The molecular weight excluding hydrogens is 1330 g/mol. The summed E-state index contributed by atoms with van der Waals surface area (Å²) in [6, 6.07) is -0.775. The lowest BCUT2D eigenvalue weighted by Gasteiger charge is -2.32. The molecule has 0 aliphatic carbocycles. The van der Waals surface area contributed by atoms with Gasteiger partial charge in [0.1, 0.15) is 110 Å². The van der Waals surface area contributed by atoms with Crippen LogP contribution < -0.4 is 27.7 Å². The Kier molecular flexibility index (Phi) is 32.4.